The number of nitrogens with one attached hydrogen (secondary N) is 1. The molecule has 3 N–H and O–H groups in total. The number of amidine groups is 1. The van der Waals surface area contributed by atoms with Crippen molar-refractivity contribution in [2.45, 2.75) is 26.5 Å². The van der Waals surface area contributed by atoms with Crippen molar-refractivity contribution in [1.29, 1.82) is 5.41 Å². The van der Waals surface area contributed by atoms with Gasteiger partial charge in [-0.2, -0.15) is 0 Å². The number of benzene rings is 2. The summed E-state index contributed by atoms with van der Waals surface area (Å²) in [5, 5.41) is 8.16. The molecule has 0 fully saturated rings. The molecule has 0 aliphatic rings. The van der Waals surface area contributed by atoms with Crippen molar-refractivity contribution in [1.82, 2.24) is 4.57 Å². The number of esters is 2. The highest BCUT2D eigenvalue weighted by molar-refractivity contribution is 9.10. The molecule has 1 aromatic heterocycles. The van der Waals surface area contributed by atoms with Gasteiger partial charge in [-0.15, -0.1) is 17.0 Å². The summed E-state index contributed by atoms with van der Waals surface area (Å²) >= 11 is 4.58. The number of nitrogens with zero attached hydrogens (tertiary/aromatic N) is 1. The van der Waals surface area contributed by atoms with Crippen molar-refractivity contribution in [2.24, 2.45) is 5.73 Å². The van der Waals surface area contributed by atoms with Gasteiger partial charge in [-0.05, 0) is 54.0 Å². The number of hydrogen-bond donors (Lipinski definition) is 2. The number of ether oxygens (including phenoxy) is 2. The van der Waals surface area contributed by atoms with E-state index in [0.29, 0.717) is 26.9 Å². The van der Waals surface area contributed by atoms with Crippen LogP contribution < -0.4 is 10.5 Å². The van der Waals surface area contributed by atoms with Crippen LogP contribution in [0.2, 0.25) is 0 Å². The van der Waals surface area contributed by atoms with Crippen LogP contribution in [0.4, 0.5) is 0 Å². The summed E-state index contributed by atoms with van der Waals surface area (Å²) in [5.74, 6) is -0.374. The lowest BCUT2D eigenvalue weighted by atomic mass is 10.1. The van der Waals surface area contributed by atoms with Crippen LogP contribution in [0.25, 0.3) is 16.6 Å². The molecule has 0 atom stereocenters. The predicted octanol–water partition coefficient (Wildman–Crippen LogP) is 5.51. The molecule has 0 saturated heterocycles. The highest BCUT2D eigenvalue weighted by atomic mass is 79.9. The van der Waals surface area contributed by atoms with E-state index in [1.807, 2.05) is 35.8 Å². The summed E-state index contributed by atoms with van der Waals surface area (Å²) in [6.45, 7) is 5.26. The van der Waals surface area contributed by atoms with Gasteiger partial charge in [0.1, 0.15) is 5.75 Å². The molecule has 0 unspecified atom stereocenters. The number of rotatable bonds is 6. The lowest BCUT2D eigenvalue weighted by molar-refractivity contribution is -0.131. The second-order valence-corrected chi connectivity index (χ2v) is 8.63. The Balaban J connectivity index is 0.00000363. The summed E-state index contributed by atoms with van der Waals surface area (Å²) in [7, 11) is 0. The first-order chi connectivity index (χ1) is 14.7. The topological polar surface area (TPSA) is 107 Å². The van der Waals surface area contributed by atoms with Crippen molar-refractivity contribution in [3.63, 3.8) is 0 Å². The lowest BCUT2D eigenvalue weighted by Gasteiger charge is -2.12. The molecule has 2 aromatic carbocycles. The summed E-state index contributed by atoms with van der Waals surface area (Å²) in [6.07, 6.45) is 0. The number of aromatic nitrogens is 1. The molecule has 0 aliphatic heterocycles. The zero-order chi connectivity index (χ0) is 22.7. The molecule has 32 heavy (non-hydrogen) atoms. The van der Waals surface area contributed by atoms with E-state index in [1.54, 1.807) is 19.1 Å². The van der Waals surface area contributed by atoms with Crippen LogP contribution in [-0.2, 0) is 15.3 Å². The first-order valence-electron chi connectivity index (χ1n) is 9.49. The Morgan fingerprint density at radius 1 is 1.22 bits per heavy atom. The number of carbonyl (C=O) groups is 2. The van der Waals surface area contributed by atoms with Crippen molar-refractivity contribution in [3.05, 3.63) is 57.7 Å². The minimum Gasteiger partial charge on any atom is -0.462 e. The number of halogens is 2. The number of thioether (sulfide) groups is 1. The molecule has 0 bridgehead atoms. The Morgan fingerprint density at radius 3 is 2.44 bits per heavy atom. The molecule has 0 saturated carbocycles. The summed E-state index contributed by atoms with van der Waals surface area (Å²) in [5.41, 5.74) is 9.26. The Hall–Kier alpha value is -2.30. The Labute approximate surface area is 209 Å². The third-order valence-corrected chi connectivity index (χ3v) is 5.86. The van der Waals surface area contributed by atoms with Gasteiger partial charge in [0.2, 0.25) is 0 Å². The summed E-state index contributed by atoms with van der Waals surface area (Å²) < 4.78 is 13.2. The van der Waals surface area contributed by atoms with E-state index in [0.717, 1.165) is 28.5 Å². The fourth-order valence-corrected chi connectivity index (χ4v) is 4.25. The zero-order valence-electron chi connectivity index (χ0n) is 17.7. The molecule has 10 heteroatoms. The molecule has 7 nitrogen and oxygen atoms in total. The number of hydrogen-bond acceptors (Lipinski definition) is 6. The first kappa shape index (κ1) is 26.0. The van der Waals surface area contributed by atoms with Crippen LogP contribution in [0, 0.1) is 12.3 Å². The van der Waals surface area contributed by atoms with Crippen LogP contribution in [0.3, 0.4) is 0 Å². The van der Waals surface area contributed by atoms with E-state index in [4.69, 9.17) is 20.6 Å². The minimum atomic E-state index is -0.492. The monoisotopic (exact) mass is 583 g/mol. The second kappa shape index (κ2) is 11.0. The van der Waals surface area contributed by atoms with E-state index >= 15 is 0 Å². The fourth-order valence-electron chi connectivity index (χ4n) is 3.28. The Bertz CT molecular complexity index is 1180. The van der Waals surface area contributed by atoms with Gasteiger partial charge in [-0.25, -0.2) is 4.79 Å². The number of nitrogens with two attached hydrogens (primary N) is 1. The average Bonchev–Trinajstić information content (AvgIpc) is 3.00. The van der Waals surface area contributed by atoms with Crippen molar-refractivity contribution < 1.29 is 19.1 Å². The van der Waals surface area contributed by atoms with Gasteiger partial charge >= 0.3 is 11.9 Å². The quantitative estimate of drug-likeness (QED) is 0.171. The Kier molecular flexibility index (Phi) is 8.94. The van der Waals surface area contributed by atoms with E-state index in [9.17, 15) is 9.59 Å². The highest BCUT2D eigenvalue weighted by Gasteiger charge is 2.26. The average molecular weight is 585 g/mol. The number of fused-ring (bicyclic) bond motifs is 1. The van der Waals surface area contributed by atoms with Gasteiger partial charge in [0, 0.05) is 29.4 Å². The summed E-state index contributed by atoms with van der Waals surface area (Å²) in [4.78, 5) is 24.5. The number of aryl methyl sites for hydroxylation is 1. The molecule has 0 aliphatic carbocycles. The molecule has 1 heterocycles. The van der Waals surface area contributed by atoms with E-state index in [2.05, 4.69) is 15.9 Å². The molecule has 0 spiro atoms. The first-order valence-corrected chi connectivity index (χ1v) is 11.3. The fraction of sp³-hybridized carbons (Fsp3) is 0.227. The van der Waals surface area contributed by atoms with E-state index in [-0.39, 0.29) is 34.5 Å². The van der Waals surface area contributed by atoms with Crippen LogP contribution >= 0.6 is 44.7 Å². The Morgan fingerprint density at radius 2 is 1.88 bits per heavy atom. The molecule has 170 valence electrons. The molecule has 0 radical (unpaired) electrons. The molecule has 3 rings (SSSR count). The van der Waals surface area contributed by atoms with Crippen LogP contribution in [0.15, 0.2) is 40.9 Å². The maximum atomic E-state index is 13.0. The van der Waals surface area contributed by atoms with Crippen molar-refractivity contribution >= 4 is 72.7 Å². The van der Waals surface area contributed by atoms with Gasteiger partial charge in [0.25, 0.3) is 0 Å². The van der Waals surface area contributed by atoms with Crippen molar-refractivity contribution in [2.75, 3.05) is 6.61 Å². The smallest absolute Gasteiger partial charge is 0.340 e. The second-order valence-electron chi connectivity index (χ2n) is 6.76. The zero-order valence-corrected chi connectivity index (χ0v) is 21.8. The largest absolute Gasteiger partial charge is 0.462 e. The summed E-state index contributed by atoms with van der Waals surface area (Å²) in [6, 6.07) is 11.3. The van der Waals surface area contributed by atoms with Gasteiger partial charge in [0.05, 0.1) is 22.2 Å². The molecule has 3 aromatic rings. The standard InChI is InChI=1S/C22H22BrN3O4S.BrH/c1-4-29-21(28)20-15-9-19(30-13(3)27)16(23)10-17(15)26(18(20)11-31-22(24)25)14-7-5-12(2)6-8-14;/h5-10H,4,11H2,1-3H3,(H3,24,25);1H. The van der Waals surface area contributed by atoms with Crippen LogP contribution in [0.1, 0.15) is 35.5 Å². The normalized spacial score (nSPS) is 10.5. The molecule has 0 amide bonds. The van der Waals surface area contributed by atoms with Gasteiger partial charge in [0.15, 0.2) is 5.17 Å². The van der Waals surface area contributed by atoms with Gasteiger partial charge in [-0.3, -0.25) is 10.2 Å². The minimum absolute atomic E-state index is 0. The maximum absolute atomic E-state index is 13.0. The molecular formula is C22H23Br2N3O4S. The van der Waals surface area contributed by atoms with Crippen LogP contribution in [0.5, 0.6) is 5.75 Å². The molecular weight excluding hydrogens is 562 g/mol. The number of carbonyl (C=O) groups excluding carboxylic acids is 2. The highest BCUT2D eigenvalue weighted by Crippen LogP contribution is 2.38. The predicted molar refractivity (Wildman–Crippen MR) is 137 cm³/mol. The van der Waals surface area contributed by atoms with Crippen LogP contribution in [-0.4, -0.2) is 28.3 Å². The van der Waals surface area contributed by atoms with E-state index in [1.165, 1.54) is 6.92 Å². The maximum Gasteiger partial charge on any atom is 0.340 e. The van der Waals surface area contributed by atoms with Crippen molar-refractivity contribution in [3.8, 4) is 11.4 Å². The van der Waals surface area contributed by atoms with Gasteiger partial charge in [-0.1, -0.05) is 29.5 Å². The lowest BCUT2D eigenvalue weighted by Crippen LogP contribution is -2.11. The van der Waals surface area contributed by atoms with E-state index < -0.39 is 11.9 Å². The van der Waals surface area contributed by atoms with Gasteiger partial charge < -0.3 is 19.8 Å². The third kappa shape index (κ3) is 5.54. The third-order valence-electron chi connectivity index (χ3n) is 4.51. The SMILES string of the molecule is Br.CCOC(=O)c1c(CSC(=N)N)n(-c2ccc(C)cc2)c2cc(Br)c(OC(C)=O)cc12.